The Morgan fingerprint density at radius 2 is 1.87 bits per heavy atom. The first-order valence-corrected chi connectivity index (χ1v) is 7.22. The SMILES string of the molecule is CCS(=O)(=O)CCCC(O)CCN(C)C. The van der Waals surface area contributed by atoms with Gasteiger partial charge in [-0.2, -0.15) is 0 Å². The van der Waals surface area contributed by atoms with Gasteiger partial charge in [-0.1, -0.05) is 6.92 Å². The quantitative estimate of drug-likeness (QED) is 0.668. The first kappa shape index (κ1) is 14.9. The predicted octanol–water partition coefficient (Wildman–Crippen LogP) is 0.514. The molecule has 1 unspecified atom stereocenters. The van der Waals surface area contributed by atoms with Gasteiger partial charge in [-0.05, 0) is 39.9 Å². The summed E-state index contributed by atoms with van der Waals surface area (Å²) in [6.07, 6.45) is 1.47. The molecule has 0 amide bonds. The summed E-state index contributed by atoms with van der Waals surface area (Å²) in [5, 5.41) is 9.55. The molecule has 0 aromatic rings. The third-order valence-corrected chi connectivity index (χ3v) is 4.13. The van der Waals surface area contributed by atoms with Crippen LogP contribution in [0.1, 0.15) is 26.2 Å². The Morgan fingerprint density at radius 1 is 1.27 bits per heavy atom. The summed E-state index contributed by atoms with van der Waals surface area (Å²) < 4.78 is 22.3. The lowest BCUT2D eigenvalue weighted by Crippen LogP contribution is -2.20. The van der Waals surface area contributed by atoms with Crippen molar-refractivity contribution in [2.45, 2.75) is 32.3 Å². The van der Waals surface area contributed by atoms with Crippen LogP contribution in [0, 0.1) is 0 Å². The van der Waals surface area contributed by atoms with Crippen molar-refractivity contribution >= 4 is 9.84 Å². The fourth-order valence-electron chi connectivity index (χ4n) is 1.23. The predicted molar refractivity (Wildman–Crippen MR) is 62.7 cm³/mol. The van der Waals surface area contributed by atoms with Crippen molar-refractivity contribution in [2.75, 3.05) is 32.1 Å². The fourth-order valence-corrected chi connectivity index (χ4v) is 2.13. The highest BCUT2D eigenvalue weighted by atomic mass is 32.2. The lowest BCUT2D eigenvalue weighted by molar-refractivity contribution is 0.142. The van der Waals surface area contributed by atoms with Crippen molar-refractivity contribution in [2.24, 2.45) is 0 Å². The van der Waals surface area contributed by atoms with Crippen molar-refractivity contribution in [3.05, 3.63) is 0 Å². The molecule has 0 saturated heterocycles. The summed E-state index contributed by atoms with van der Waals surface area (Å²) in [5.41, 5.74) is 0. The topological polar surface area (TPSA) is 57.6 Å². The highest BCUT2D eigenvalue weighted by Crippen LogP contribution is 2.04. The van der Waals surface area contributed by atoms with E-state index in [2.05, 4.69) is 0 Å². The maximum absolute atomic E-state index is 11.2. The van der Waals surface area contributed by atoms with E-state index >= 15 is 0 Å². The first-order chi connectivity index (χ1) is 6.87. The van der Waals surface area contributed by atoms with Crippen molar-refractivity contribution < 1.29 is 13.5 Å². The maximum atomic E-state index is 11.2. The molecule has 92 valence electrons. The minimum atomic E-state index is -2.87. The number of hydrogen-bond acceptors (Lipinski definition) is 4. The molecule has 4 nitrogen and oxygen atoms in total. The van der Waals surface area contributed by atoms with E-state index < -0.39 is 9.84 Å². The molecule has 0 aromatic heterocycles. The molecular weight excluding hydrogens is 214 g/mol. The molecule has 0 aliphatic rings. The van der Waals surface area contributed by atoms with Crippen LogP contribution in [0.2, 0.25) is 0 Å². The second-order valence-electron chi connectivity index (χ2n) is 4.12. The van der Waals surface area contributed by atoms with E-state index in [1.807, 2.05) is 19.0 Å². The molecule has 1 atom stereocenters. The van der Waals surface area contributed by atoms with E-state index in [-0.39, 0.29) is 17.6 Å². The third-order valence-electron chi connectivity index (χ3n) is 2.34. The second kappa shape index (κ2) is 7.19. The molecule has 1 N–H and O–H groups in total. The highest BCUT2D eigenvalue weighted by Gasteiger charge is 2.10. The maximum Gasteiger partial charge on any atom is 0.150 e. The summed E-state index contributed by atoms with van der Waals surface area (Å²) in [4.78, 5) is 2.01. The average Bonchev–Trinajstić information content (AvgIpc) is 2.14. The molecular formula is C10H23NO3S. The Hall–Kier alpha value is -0.130. The minimum absolute atomic E-state index is 0.195. The third kappa shape index (κ3) is 8.84. The van der Waals surface area contributed by atoms with Crippen LogP contribution in [0.4, 0.5) is 0 Å². The molecule has 0 aliphatic heterocycles. The van der Waals surface area contributed by atoms with Crippen molar-refractivity contribution in [3.8, 4) is 0 Å². The van der Waals surface area contributed by atoms with Crippen LogP contribution in [-0.2, 0) is 9.84 Å². The van der Waals surface area contributed by atoms with Gasteiger partial charge in [-0.15, -0.1) is 0 Å². The van der Waals surface area contributed by atoms with Crippen molar-refractivity contribution in [3.63, 3.8) is 0 Å². The van der Waals surface area contributed by atoms with Gasteiger partial charge in [-0.25, -0.2) is 8.42 Å². The standard InChI is InChI=1S/C10H23NO3S/c1-4-15(13,14)9-5-6-10(12)7-8-11(2)3/h10,12H,4-9H2,1-3H3. The molecule has 0 aliphatic carbocycles. The van der Waals surface area contributed by atoms with Gasteiger partial charge in [0.05, 0.1) is 11.9 Å². The van der Waals surface area contributed by atoms with E-state index in [9.17, 15) is 13.5 Å². The molecule has 0 spiro atoms. The number of hydrogen-bond donors (Lipinski definition) is 1. The number of sulfone groups is 1. The van der Waals surface area contributed by atoms with E-state index in [0.717, 1.165) is 6.54 Å². The van der Waals surface area contributed by atoms with E-state index in [1.165, 1.54) is 0 Å². The van der Waals surface area contributed by atoms with Crippen molar-refractivity contribution in [1.29, 1.82) is 0 Å². The number of aliphatic hydroxyl groups excluding tert-OH is 1. The van der Waals surface area contributed by atoms with Gasteiger partial charge in [0, 0.05) is 5.75 Å². The summed E-state index contributed by atoms with van der Waals surface area (Å²) >= 11 is 0. The van der Waals surface area contributed by atoms with Gasteiger partial charge in [0.1, 0.15) is 9.84 Å². The van der Waals surface area contributed by atoms with E-state index in [4.69, 9.17) is 0 Å². The number of nitrogens with zero attached hydrogens (tertiary/aromatic N) is 1. The largest absolute Gasteiger partial charge is 0.393 e. The first-order valence-electron chi connectivity index (χ1n) is 5.40. The fraction of sp³-hybridized carbons (Fsp3) is 1.00. The Labute approximate surface area is 93.2 Å². The van der Waals surface area contributed by atoms with E-state index in [1.54, 1.807) is 6.92 Å². The van der Waals surface area contributed by atoms with Crippen LogP contribution < -0.4 is 0 Å². The van der Waals surface area contributed by atoms with E-state index in [0.29, 0.717) is 19.3 Å². The molecule has 0 saturated carbocycles. The van der Waals surface area contributed by atoms with Crippen LogP contribution in [0.5, 0.6) is 0 Å². The monoisotopic (exact) mass is 237 g/mol. The molecule has 0 rings (SSSR count). The Balaban J connectivity index is 3.59. The lowest BCUT2D eigenvalue weighted by atomic mass is 10.1. The zero-order valence-electron chi connectivity index (χ0n) is 9.94. The van der Waals surface area contributed by atoms with Crippen LogP contribution in [0.3, 0.4) is 0 Å². The minimum Gasteiger partial charge on any atom is -0.393 e. The van der Waals surface area contributed by atoms with Gasteiger partial charge < -0.3 is 10.0 Å². The molecule has 0 radical (unpaired) electrons. The molecule has 0 fully saturated rings. The summed E-state index contributed by atoms with van der Waals surface area (Å²) in [7, 11) is 1.04. The Kier molecular flexibility index (Phi) is 7.13. The van der Waals surface area contributed by atoms with Gasteiger partial charge in [0.25, 0.3) is 0 Å². The van der Waals surface area contributed by atoms with Crippen LogP contribution in [-0.4, -0.2) is 56.7 Å². The molecule has 0 heterocycles. The van der Waals surface area contributed by atoms with Gasteiger partial charge in [-0.3, -0.25) is 0 Å². The van der Waals surface area contributed by atoms with Gasteiger partial charge >= 0.3 is 0 Å². The molecule has 0 bridgehead atoms. The number of rotatable bonds is 8. The number of aliphatic hydroxyl groups is 1. The average molecular weight is 237 g/mol. The highest BCUT2D eigenvalue weighted by molar-refractivity contribution is 7.91. The molecule has 0 aromatic carbocycles. The second-order valence-corrected chi connectivity index (χ2v) is 6.60. The summed E-state index contributed by atoms with van der Waals surface area (Å²) in [6.45, 7) is 2.49. The molecule has 15 heavy (non-hydrogen) atoms. The van der Waals surface area contributed by atoms with Crippen molar-refractivity contribution in [1.82, 2.24) is 4.90 Å². The zero-order chi connectivity index (χ0) is 11.9. The Bertz CT molecular complexity index is 249. The lowest BCUT2D eigenvalue weighted by Gasteiger charge is -2.13. The van der Waals surface area contributed by atoms with Crippen LogP contribution in [0.25, 0.3) is 0 Å². The van der Waals surface area contributed by atoms with Crippen LogP contribution in [0.15, 0.2) is 0 Å². The van der Waals surface area contributed by atoms with Gasteiger partial charge in [0.2, 0.25) is 0 Å². The smallest absolute Gasteiger partial charge is 0.150 e. The normalized spacial score (nSPS) is 14.5. The summed E-state index contributed by atoms with van der Waals surface area (Å²) in [6, 6.07) is 0. The molecule has 5 heteroatoms. The van der Waals surface area contributed by atoms with Crippen LogP contribution >= 0.6 is 0 Å². The zero-order valence-corrected chi connectivity index (χ0v) is 10.8. The Morgan fingerprint density at radius 3 is 2.33 bits per heavy atom. The summed E-state index contributed by atoms with van der Waals surface area (Å²) in [5.74, 6) is 0.392. The van der Waals surface area contributed by atoms with Gasteiger partial charge in [0.15, 0.2) is 0 Å².